The van der Waals surface area contributed by atoms with Gasteiger partial charge in [0.2, 0.25) is 0 Å². The second kappa shape index (κ2) is 4.70. The quantitative estimate of drug-likeness (QED) is 0.601. The van der Waals surface area contributed by atoms with Crippen molar-refractivity contribution in [2.45, 2.75) is 45.5 Å². The maximum Gasteiger partial charge on any atom is 0.155 e. The van der Waals surface area contributed by atoms with E-state index in [9.17, 15) is 5.11 Å². The molecule has 0 heterocycles. The molecule has 0 aromatic heterocycles. The average Bonchev–Trinajstić information content (AvgIpc) is 1.79. The Morgan fingerprint density at radius 3 is 2.36 bits per heavy atom. The minimum absolute atomic E-state index is 0.270. The summed E-state index contributed by atoms with van der Waals surface area (Å²) in [5.74, 6) is 0. The molecule has 3 N–H and O–H groups in total. The maximum absolute atomic E-state index is 9.24. The Labute approximate surface area is 68.5 Å². The molecule has 1 atom stereocenters. The van der Waals surface area contributed by atoms with Crippen LogP contribution in [0.25, 0.3) is 0 Å². The van der Waals surface area contributed by atoms with E-state index in [0.717, 1.165) is 6.42 Å². The number of nitrogens with two attached hydrogens (primary N) is 1. The molecule has 3 nitrogen and oxygen atoms in total. The highest BCUT2D eigenvalue weighted by Crippen LogP contribution is 2.11. The van der Waals surface area contributed by atoms with Crippen molar-refractivity contribution in [3.8, 4) is 0 Å². The lowest BCUT2D eigenvalue weighted by molar-refractivity contribution is -0.168. The Balaban J connectivity index is 3.44. The molecule has 0 bridgehead atoms. The van der Waals surface area contributed by atoms with Gasteiger partial charge in [-0.05, 0) is 40.2 Å². The molecular weight excluding hydrogens is 142 g/mol. The second-order valence-corrected chi connectivity index (χ2v) is 3.62. The number of rotatable bonds is 4. The van der Waals surface area contributed by atoms with Crippen LogP contribution in [0, 0.1) is 0 Å². The van der Waals surface area contributed by atoms with Gasteiger partial charge in [-0.15, -0.1) is 0 Å². The summed E-state index contributed by atoms with van der Waals surface area (Å²) in [5, 5.41) is 9.24. The highest BCUT2D eigenvalue weighted by Gasteiger charge is 2.15. The lowest BCUT2D eigenvalue weighted by Gasteiger charge is -2.23. The van der Waals surface area contributed by atoms with E-state index in [1.807, 2.05) is 20.8 Å². The molecule has 0 saturated heterocycles. The number of hydrogen-bond donors (Lipinski definition) is 2. The molecule has 3 heteroatoms. The van der Waals surface area contributed by atoms with Gasteiger partial charge in [-0.25, -0.2) is 0 Å². The number of aliphatic hydroxyl groups is 1. The third-order valence-corrected chi connectivity index (χ3v) is 1.14. The fourth-order valence-electron chi connectivity index (χ4n) is 0.760. The van der Waals surface area contributed by atoms with E-state index in [1.54, 1.807) is 0 Å². The lowest BCUT2D eigenvalue weighted by atomic mass is 10.2. The van der Waals surface area contributed by atoms with Gasteiger partial charge in [0.15, 0.2) is 6.29 Å². The molecule has 11 heavy (non-hydrogen) atoms. The SMILES string of the molecule is CC(C)(C)OC(O)CCCN. The Morgan fingerprint density at radius 1 is 1.45 bits per heavy atom. The molecule has 1 unspecified atom stereocenters. The molecule has 0 amide bonds. The highest BCUT2D eigenvalue weighted by molar-refractivity contribution is 4.60. The molecule has 68 valence electrons. The summed E-state index contributed by atoms with van der Waals surface area (Å²) in [5.41, 5.74) is 5.00. The van der Waals surface area contributed by atoms with Crippen LogP contribution in [-0.2, 0) is 4.74 Å². The molecule has 0 saturated carbocycles. The molecule has 0 aliphatic rings. The predicted molar refractivity (Wildman–Crippen MR) is 45.1 cm³/mol. The fourth-order valence-corrected chi connectivity index (χ4v) is 0.760. The molecule has 0 aromatic carbocycles. The summed E-state index contributed by atoms with van der Waals surface area (Å²) in [6.45, 7) is 6.35. The van der Waals surface area contributed by atoms with Crippen LogP contribution in [0.1, 0.15) is 33.6 Å². The van der Waals surface area contributed by atoms with E-state index in [4.69, 9.17) is 10.5 Å². The van der Waals surface area contributed by atoms with Crippen molar-refractivity contribution < 1.29 is 9.84 Å². The third kappa shape index (κ3) is 7.78. The van der Waals surface area contributed by atoms with Crippen LogP contribution in [-0.4, -0.2) is 23.5 Å². The van der Waals surface area contributed by atoms with Gasteiger partial charge in [-0.1, -0.05) is 0 Å². The van der Waals surface area contributed by atoms with E-state index in [-0.39, 0.29) is 5.60 Å². The van der Waals surface area contributed by atoms with Crippen LogP contribution in [0.5, 0.6) is 0 Å². The van der Waals surface area contributed by atoms with Crippen molar-refractivity contribution >= 4 is 0 Å². The monoisotopic (exact) mass is 161 g/mol. The van der Waals surface area contributed by atoms with E-state index in [1.165, 1.54) is 0 Å². The zero-order chi connectivity index (χ0) is 8.91. The summed E-state index contributed by atoms with van der Waals surface area (Å²) in [7, 11) is 0. The first-order valence-corrected chi connectivity index (χ1v) is 4.01. The van der Waals surface area contributed by atoms with Crippen molar-refractivity contribution in [2.24, 2.45) is 5.73 Å². The Bertz CT molecular complexity index is 98.8. The largest absolute Gasteiger partial charge is 0.368 e. The van der Waals surface area contributed by atoms with Crippen LogP contribution >= 0.6 is 0 Å². The first-order valence-electron chi connectivity index (χ1n) is 4.01. The first-order chi connectivity index (χ1) is 4.95. The van der Waals surface area contributed by atoms with E-state index in [0.29, 0.717) is 13.0 Å². The number of aliphatic hydroxyl groups excluding tert-OH is 1. The van der Waals surface area contributed by atoms with Crippen LogP contribution in [0.4, 0.5) is 0 Å². The van der Waals surface area contributed by atoms with Crippen molar-refractivity contribution in [1.82, 2.24) is 0 Å². The van der Waals surface area contributed by atoms with Gasteiger partial charge >= 0.3 is 0 Å². The van der Waals surface area contributed by atoms with Gasteiger partial charge in [-0.2, -0.15) is 0 Å². The van der Waals surface area contributed by atoms with Crippen LogP contribution in [0.2, 0.25) is 0 Å². The maximum atomic E-state index is 9.24. The summed E-state index contributed by atoms with van der Waals surface area (Å²) in [6, 6.07) is 0. The summed E-state index contributed by atoms with van der Waals surface area (Å²) < 4.78 is 5.24. The number of ether oxygens (including phenoxy) is 1. The minimum atomic E-state index is -0.668. The van der Waals surface area contributed by atoms with Crippen molar-refractivity contribution in [2.75, 3.05) is 6.54 Å². The lowest BCUT2D eigenvalue weighted by Crippen LogP contribution is -2.27. The van der Waals surface area contributed by atoms with Gasteiger partial charge in [0.1, 0.15) is 0 Å². The normalized spacial score (nSPS) is 15.0. The minimum Gasteiger partial charge on any atom is -0.368 e. The van der Waals surface area contributed by atoms with Gasteiger partial charge < -0.3 is 15.6 Å². The van der Waals surface area contributed by atoms with Crippen LogP contribution in [0.3, 0.4) is 0 Å². The van der Waals surface area contributed by atoms with Crippen molar-refractivity contribution in [3.05, 3.63) is 0 Å². The molecule has 0 fully saturated rings. The molecule has 0 radical (unpaired) electrons. The summed E-state index contributed by atoms with van der Waals surface area (Å²) in [6.07, 6.45) is 0.754. The topological polar surface area (TPSA) is 55.5 Å². The highest BCUT2D eigenvalue weighted by atomic mass is 16.6. The van der Waals surface area contributed by atoms with Crippen LogP contribution in [0.15, 0.2) is 0 Å². The fraction of sp³-hybridized carbons (Fsp3) is 1.00. The zero-order valence-electron chi connectivity index (χ0n) is 7.63. The predicted octanol–water partition coefficient (Wildman–Crippen LogP) is 0.859. The summed E-state index contributed by atoms with van der Waals surface area (Å²) in [4.78, 5) is 0. The Hall–Kier alpha value is -0.120. The molecular formula is C8H19NO2. The van der Waals surface area contributed by atoms with Gasteiger partial charge in [0.05, 0.1) is 5.60 Å². The van der Waals surface area contributed by atoms with E-state index >= 15 is 0 Å². The smallest absolute Gasteiger partial charge is 0.155 e. The van der Waals surface area contributed by atoms with Gasteiger partial charge in [-0.3, -0.25) is 0 Å². The Morgan fingerprint density at radius 2 is 2.00 bits per heavy atom. The van der Waals surface area contributed by atoms with Crippen molar-refractivity contribution in [3.63, 3.8) is 0 Å². The molecule has 0 spiro atoms. The van der Waals surface area contributed by atoms with Crippen LogP contribution < -0.4 is 5.73 Å². The average molecular weight is 161 g/mol. The van der Waals surface area contributed by atoms with Crippen molar-refractivity contribution in [1.29, 1.82) is 0 Å². The Kier molecular flexibility index (Phi) is 4.65. The molecule has 0 aromatic rings. The summed E-state index contributed by atoms with van der Waals surface area (Å²) >= 11 is 0. The third-order valence-electron chi connectivity index (χ3n) is 1.14. The first kappa shape index (κ1) is 10.9. The molecule has 0 aliphatic carbocycles. The molecule has 0 aliphatic heterocycles. The number of hydrogen-bond acceptors (Lipinski definition) is 3. The van der Waals surface area contributed by atoms with Gasteiger partial charge in [0.25, 0.3) is 0 Å². The van der Waals surface area contributed by atoms with Gasteiger partial charge in [0, 0.05) is 0 Å². The molecule has 0 rings (SSSR count). The second-order valence-electron chi connectivity index (χ2n) is 3.62. The van der Waals surface area contributed by atoms with E-state index in [2.05, 4.69) is 0 Å². The van der Waals surface area contributed by atoms with E-state index < -0.39 is 6.29 Å². The standard InChI is InChI=1S/C8H19NO2/c1-8(2,3)11-7(10)5-4-6-9/h7,10H,4-6,9H2,1-3H3. The zero-order valence-corrected chi connectivity index (χ0v) is 7.63.